The van der Waals surface area contributed by atoms with Gasteiger partial charge in [-0.3, -0.25) is 14.4 Å². The summed E-state index contributed by atoms with van der Waals surface area (Å²) in [6, 6.07) is 12.0. The SMILES string of the molecule is CCCN(CC(=O)Nc1cc(Cl)ccc1Cl)C(=O)CCNC(=O)c1ccccc1C. The van der Waals surface area contributed by atoms with E-state index in [1.54, 1.807) is 30.3 Å². The first-order valence-electron chi connectivity index (χ1n) is 9.68. The van der Waals surface area contributed by atoms with Gasteiger partial charge in [0.15, 0.2) is 0 Å². The molecule has 3 amide bonds. The van der Waals surface area contributed by atoms with Crippen LogP contribution in [0.1, 0.15) is 35.7 Å². The van der Waals surface area contributed by atoms with Crippen molar-refractivity contribution in [1.82, 2.24) is 10.2 Å². The average Bonchev–Trinajstić information content (AvgIpc) is 2.70. The van der Waals surface area contributed by atoms with E-state index in [1.807, 2.05) is 26.0 Å². The maximum Gasteiger partial charge on any atom is 0.251 e. The fraction of sp³-hybridized carbons (Fsp3) is 0.318. The minimum Gasteiger partial charge on any atom is -0.352 e. The van der Waals surface area contributed by atoms with Gasteiger partial charge in [0, 0.05) is 30.1 Å². The topological polar surface area (TPSA) is 78.5 Å². The van der Waals surface area contributed by atoms with Gasteiger partial charge in [-0.25, -0.2) is 0 Å². The molecule has 2 N–H and O–H groups in total. The average molecular weight is 450 g/mol. The number of carbonyl (C=O) groups excluding carboxylic acids is 3. The third-order valence-electron chi connectivity index (χ3n) is 4.40. The van der Waals surface area contributed by atoms with E-state index in [0.717, 1.165) is 5.56 Å². The van der Waals surface area contributed by atoms with Crippen LogP contribution in [0.15, 0.2) is 42.5 Å². The maximum atomic E-state index is 12.6. The first-order valence-corrected chi connectivity index (χ1v) is 10.4. The summed E-state index contributed by atoms with van der Waals surface area (Å²) in [6.07, 6.45) is 0.801. The second kappa shape index (κ2) is 11.6. The van der Waals surface area contributed by atoms with Gasteiger partial charge in [0.25, 0.3) is 5.91 Å². The highest BCUT2D eigenvalue weighted by atomic mass is 35.5. The fourth-order valence-electron chi connectivity index (χ4n) is 2.88. The number of halogens is 2. The Kier molecular flexibility index (Phi) is 9.15. The standard InChI is InChI=1S/C22H25Cl2N3O3/c1-3-12-27(14-20(28)26-19-13-16(23)8-9-18(19)24)21(29)10-11-25-22(30)17-7-5-4-6-15(17)2/h4-9,13H,3,10-12,14H2,1-2H3,(H,25,30)(H,26,28). The van der Waals surface area contributed by atoms with E-state index >= 15 is 0 Å². The zero-order chi connectivity index (χ0) is 22.1. The summed E-state index contributed by atoms with van der Waals surface area (Å²) in [5, 5.41) is 6.24. The fourth-order valence-corrected chi connectivity index (χ4v) is 3.22. The van der Waals surface area contributed by atoms with Crippen LogP contribution in [-0.2, 0) is 9.59 Å². The molecule has 0 spiro atoms. The molecule has 0 heterocycles. The van der Waals surface area contributed by atoms with Crippen LogP contribution in [0.5, 0.6) is 0 Å². The predicted molar refractivity (Wildman–Crippen MR) is 120 cm³/mol. The number of nitrogens with one attached hydrogen (secondary N) is 2. The Labute approximate surface area is 186 Å². The molecule has 0 saturated heterocycles. The summed E-state index contributed by atoms with van der Waals surface area (Å²) >= 11 is 12.0. The maximum absolute atomic E-state index is 12.6. The Morgan fingerprint density at radius 3 is 2.50 bits per heavy atom. The van der Waals surface area contributed by atoms with E-state index in [4.69, 9.17) is 23.2 Å². The Bertz CT molecular complexity index is 918. The largest absolute Gasteiger partial charge is 0.352 e. The number of nitrogens with zero attached hydrogens (tertiary/aromatic N) is 1. The summed E-state index contributed by atoms with van der Waals surface area (Å²) in [7, 11) is 0. The second-order valence-electron chi connectivity index (χ2n) is 6.81. The van der Waals surface area contributed by atoms with Crippen molar-refractivity contribution in [3.63, 3.8) is 0 Å². The number of benzene rings is 2. The molecule has 0 atom stereocenters. The number of carbonyl (C=O) groups is 3. The van der Waals surface area contributed by atoms with Gasteiger partial charge in [-0.2, -0.15) is 0 Å². The van der Waals surface area contributed by atoms with Gasteiger partial charge in [-0.1, -0.05) is 48.3 Å². The van der Waals surface area contributed by atoms with Gasteiger partial charge in [0.05, 0.1) is 17.3 Å². The smallest absolute Gasteiger partial charge is 0.251 e. The minimum absolute atomic E-state index is 0.100. The molecular formula is C22H25Cl2N3O3. The molecule has 0 fully saturated rings. The van der Waals surface area contributed by atoms with Gasteiger partial charge in [0.2, 0.25) is 11.8 Å². The minimum atomic E-state index is -0.370. The number of hydrogen-bond acceptors (Lipinski definition) is 3. The quantitative estimate of drug-likeness (QED) is 0.598. The van der Waals surface area contributed by atoms with E-state index in [1.165, 1.54) is 4.90 Å². The van der Waals surface area contributed by atoms with Crippen molar-refractivity contribution < 1.29 is 14.4 Å². The molecule has 0 aliphatic carbocycles. The lowest BCUT2D eigenvalue weighted by Gasteiger charge is -2.22. The van der Waals surface area contributed by atoms with Crippen molar-refractivity contribution in [2.24, 2.45) is 0 Å². The lowest BCUT2D eigenvalue weighted by atomic mass is 10.1. The summed E-state index contributed by atoms with van der Waals surface area (Å²) in [5.41, 5.74) is 1.84. The predicted octanol–water partition coefficient (Wildman–Crippen LogP) is 4.30. The van der Waals surface area contributed by atoms with Gasteiger partial charge < -0.3 is 15.5 Å². The van der Waals surface area contributed by atoms with Crippen molar-refractivity contribution in [3.8, 4) is 0 Å². The Balaban J connectivity index is 1.89. The molecule has 2 aromatic carbocycles. The van der Waals surface area contributed by atoms with Crippen LogP contribution in [0.2, 0.25) is 10.0 Å². The molecule has 0 unspecified atom stereocenters. The zero-order valence-electron chi connectivity index (χ0n) is 17.0. The van der Waals surface area contributed by atoms with E-state index < -0.39 is 0 Å². The molecule has 0 aliphatic heterocycles. The molecule has 30 heavy (non-hydrogen) atoms. The van der Waals surface area contributed by atoms with Gasteiger partial charge in [0.1, 0.15) is 0 Å². The highest BCUT2D eigenvalue weighted by Crippen LogP contribution is 2.25. The molecule has 160 valence electrons. The molecule has 0 aromatic heterocycles. The number of anilines is 1. The summed E-state index contributed by atoms with van der Waals surface area (Å²) < 4.78 is 0. The molecular weight excluding hydrogens is 425 g/mol. The van der Waals surface area contributed by atoms with Crippen LogP contribution in [0, 0.1) is 6.92 Å². The summed E-state index contributed by atoms with van der Waals surface area (Å²) in [6.45, 7) is 4.29. The molecule has 2 aromatic rings. The molecule has 0 bridgehead atoms. The number of rotatable bonds is 9. The molecule has 8 heteroatoms. The first kappa shape index (κ1) is 23.7. The monoisotopic (exact) mass is 449 g/mol. The third kappa shape index (κ3) is 7.04. The Morgan fingerprint density at radius 1 is 1.07 bits per heavy atom. The van der Waals surface area contributed by atoms with Gasteiger partial charge >= 0.3 is 0 Å². The van der Waals surface area contributed by atoms with Crippen LogP contribution in [-0.4, -0.2) is 42.3 Å². The van der Waals surface area contributed by atoms with E-state index in [2.05, 4.69) is 10.6 Å². The van der Waals surface area contributed by atoms with Gasteiger partial charge in [-0.15, -0.1) is 0 Å². The summed E-state index contributed by atoms with van der Waals surface area (Å²) in [5.74, 6) is -0.810. The van der Waals surface area contributed by atoms with Crippen LogP contribution in [0.3, 0.4) is 0 Å². The van der Waals surface area contributed by atoms with Crippen molar-refractivity contribution in [2.75, 3.05) is 25.0 Å². The normalized spacial score (nSPS) is 10.4. The highest BCUT2D eigenvalue weighted by molar-refractivity contribution is 6.35. The number of amides is 3. The van der Waals surface area contributed by atoms with Crippen LogP contribution in [0.25, 0.3) is 0 Å². The van der Waals surface area contributed by atoms with Crippen LogP contribution >= 0.6 is 23.2 Å². The van der Waals surface area contributed by atoms with Crippen molar-refractivity contribution in [3.05, 3.63) is 63.6 Å². The number of aryl methyl sites for hydroxylation is 1. The molecule has 0 aliphatic rings. The first-order chi connectivity index (χ1) is 14.3. The molecule has 2 rings (SSSR count). The Hall–Kier alpha value is -2.57. The number of hydrogen-bond donors (Lipinski definition) is 2. The van der Waals surface area contributed by atoms with Crippen molar-refractivity contribution >= 4 is 46.6 Å². The van der Waals surface area contributed by atoms with Crippen molar-refractivity contribution in [1.29, 1.82) is 0 Å². The lowest BCUT2D eigenvalue weighted by molar-refractivity contribution is -0.134. The zero-order valence-corrected chi connectivity index (χ0v) is 18.5. The van der Waals surface area contributed by atoms with Gasteiger partial charge in [-0.05, 0) is 43.2 Å². The molecule has 6 nitrogen and oxygen atoms in total. The van der Waals surface area contributed by atoms with E-state index in [-0.39, 0.29) is 37.2 Å². The molecule has 0 radical (unpaired) electrons. The highest BCUT2D eigenvalue weighted by Gasteiger charge is 2.18. The van der Waals surface area contributed by atoms with E-state index in [9.17, 15) is 14.4 Å². The van der Waals surface area contributed by atoms with E-state index in [0.29, 0.717) is 34.3 Å². The summed E-state index contributed by atoms with van der Waals surface area (Å²) in [4.78, 5) is 38.7. The van der Waals surface area contributed by atoms with Crippen molar-refractivity contribution in [2.45, 2.75) is 26.7 Å². The van der Waals surface area contributed by atoms with Crippen LogP contribution < -0.4 is 10.6 Å². The lowest BCUT2D eigenvalue weighted by Crippen LogP contribution is -2.40. The third-order valence-corrected chi connectivity index (χ3v) is 4.96. The van der Waals surface area contributed by atoms with Crippen LogP contribution in [0.4, 0.5) is 5.69 Å². The molecule has 0 saturated carbocycles. The Morgan fingerprint density at radius 2 is 1.80 bits per heavy atom. The second-order valence-corrected chi connectivity index (χ2v) is 7.65.